The zero-order valence-corrected chi connectivity index (χ0v) is 12.0. The molecule has 1 N–H and O–H groups in total. The van der Waals surface area contributed by atoms with Gasteiger partial charge in [0.05, 0.1) is 0 Å². The van der Waals surface area contributed by atoms with Crippen molar-refractivity contribution in [3.05, 3.63) is 30.3 Å². The van der Waals surface area contributed by atoms with Gasteiger partial charge >= 0.3 is 0 Å². The average molecular weight is 262 g/mol. The van der Waals surface area contributed by atoms with E-state index in [-0.39, 0.29) is 0 Å². The SMILES string of the molecule is CN(CCCNc1ccccc1)CC1CCOCC1. The van der Waals surface area contributed by atoms with Crippen LogP contribution in [0.1, 0.15) is 19.3 Å². The van der Waals surface area contributed by atoms with E-state index in [1.165, 1.54) is 31.5 Å². The van der Waals surface area contributed by atoms with Crippen molar-refractivity contribution in [2.75, 3.05) is 45.2 Å². The van der Waals surface area contributed by atoms with Crippen LogP contribution in [0.2, 0.25) is 0 Å². The Kier molecular flexibility index (Phi) is 6.18. The van der Waals surface area contributed by atoms with Crippen LogP contribution in [0, 0.1) is 5.92 Å². The Bertz CT molecular complexity index is 336. The number of para-hydroxylation sites is 1. The molecule has 1 aromatic carbocycles. The molecular weight excluding hydrogens is 236 g/mol. The molecule has 0 aliphatic carbocycles. The zero-order chi connectivity index (χ0) is 13.3. The van der Waals surface area contributed by atoms with Gasteiger partial charge in [-0.1, -0.05) is 18.2 Å². The largest absolute Gasteiger partial charge is 0.385 e. The summed E-state index contributed by atoms with van der Waals surface area (Å²) in [7, 11) is 2.23. The van der Waals surface area contributed by atoms with Crippen molar-refractivity contribution in [2.45, 2.75) is 19.3 Å². The van der Waals surface area contributed by atoms with Crippen molar-refractivity contribution in [3.8, 4) is 0 Å². The first-order chi connectivity index (χ1) is 9.34. The molecule has 0 radical (unpaired) electrons. The summed E-state index contributed by atoms with van der Waals surface area (Å²) < 4.78 is 5.40. The van der Waals surface area contributed by atoms with Gasteiger partial charge in [0.25, 0.3) is 0 Å². The van der Waals surface area contributed by atoms with Crippen LogP contribution in [-0.4, -0.2) is 44.8 Å². The highest BCUT2D eigenvalue weighted by Crippen LogP contribution is 2.15. The summed E-state index contributed by atoms with van der Waals surface area (Å²) in [6.45, 7) is 5.33. The number of hydrogen-bond donors (Lipinski definition) is 1. The average Bonchev–Trinajstić information content (AvgIpc) is 2.46. The minimum atomic E-state index is 0.834. The number of hydrogen-bond acceptors (Lipinski definition) is 3. The van der Waals surface area contributed by atoms with Crippen molar-refractivity contribution >= 4 is 5.69 Å². The lowest BCUT2D eigenvalue weighted by Gasteiger charge is -2.27. The molecule has 1 heterocycles. The van der Waals surface area contributed by atoms with Gasteiger partial charge in [0.1, 0.15) is 0 Å². The van der Waals surface area contributed by atoms with Crippen LogP contribution in [-0.2, 0) is 4.74 Å². The van der Waals surface area contributed by atoms with Crippen molar-refractivity contribution in [2.24, 2.45) is 5.92 Å². The fraction of sp³-hybridized carbons (Fsp3) is 0.625. The van der Waals surface area contributed by atoms with Gasteiger partial charge in [-0.25, -0.2) is 0 Å². The molecule has 0 saturated carbocycles. The fourth-order valence-electron chi connectivity index (χ4n) is 2.60. The van der Waals surface area contributed by atoms with E-state index in [0.29, 0.717) is 0 Å². The van der Waals surface area contributed by atoms with Gasteiger partial charge in [0.2, 0.25) is 0 Å². The van der Waals surface area contributed by atoms with Gasteiger partial charge in [0, 0.05) is 32.0 Å². The summed E-state index contributed by atoms with van der Waals surface area (Å²) in [5.41, 5.74) is 1.22. The van der Waals surface area contributed by atoms with Gasteiger partial charge in [-0.3, -0.25) is 0 Å². The molecule has 0 amide bonds. The predicted octanol–water partition coefficient (Wildman–Crippen LogP) is 2.85. The van der Waals surface area contributed by atoms with Crippen LogP contribution in [0.15, 0.2) is 30.3 Å². The van der Waals surface area contributed by atoms with Crippen molar-refractivity contribution in [1.29, 1.82) is 0 Å². The summed E-state index contributed by atoms with van der Waals surface area (Å²) in [6.07, 6.45) is 3.65. The predicted molar refractivity (Wildman–Crippen MR) is 80.6 cm³/mol. The molecule has 1 fully saturated rings. The van der Waals surface area contributed by atoms with Gasteiger partial charge in [-0.05, 0) is 50.9 Å². The first-order valence-electron chi connectivity index (χ1n) is 7.40. The van der Waals surface area contributed by atoms with E-state index in [9.17, 15) is 0 Å². The normalized spacial score (nSPS) is 16.7. The van der Waals surface area contributed by atoms with E-state index in [2.05, 4.69) is 41.5 Å². The molecule has 3 heteroatoms. The topological polar surface area (TPSA) is 24.5 Å². The van der Waals surface area contributed by atoms with Crippen LogP contribution in [0.4, 0.5) is 5.69 Å². The fourth-order valence-corrected chi connectivity index (χ4v) is 2.60. The number of nitrogens with one attached hydrogen (secondary N) is 1. The Morgan fingerprint density at radius 2 is 1.95 bits per heavy atom. The minimum absolute atomic E-state index is 0.834. The maximum Gasteiger partial charge on any atom is 0.0469 e. The molecule has 1 aliphatic heterocycles. The van der Waals surface area contributed by atoms with Crippen molar-refractivity contribution in [3.63, 3.8) is 0 Å². The van der Waals surface area contributed by atoms with E-state index in [0.717, 1.165) is 32.2 Å². The molecule has 0 spiro atoms. The molecular formula is C16H26N2O. The zero-order valence-electron chi connectivity index (χ0n) is 12.0. The second kappa shape index (κ2) is 8.18. The minimum Gasteiger partial charge on any atom is -0.385 e. The molecule has 1 aromatic rings. The van der Waals surface area contributed by atoms with Gasteiger partial charge in [-0.2, -0.15) is 0 Å². The van der Waals surface area contributed by atoms with E-state index in [1.807, 2.05) is 6.07 Å². The molecule has 0 atom stereocenters. The Morgan fingerprint density at radius 1 is 1.21 bits per heavy atom. The second-order valence-electron chi connectivity index (χ2n) is 5.46. The number of nitrogens with zero attached hydrogens (tertiary/aromatic N) is 1. The Hall–Kier alpha value is -1.06. The number of benzene rings is 1. The van der Waals surface area contributed by atoms with Crippen LogP contribution in [0.3, 0.4) is 0 Å². The van der Waals surface area contributed by atoms with Crippen molar-refractivity contribution in [1.82, 2.24) is 4.90 Å². The van der Waals surface area contributed by atoms with Gasteiger partial charge in [0.15, 0.2) is 0 Å². The summed E-state index contributed by atoms with van der Waals surface area (Å²) in [4.78, 5) is 2.46. The van der Waals surface area contributed by atoms with Gasteiger partial charge in [-0.15, -0.1) is 0 Å². The molecule has 0 bridgehead atoms. The molecule has 0 unspecified atom stereocenters. The van der Waals surface area contributed by atoms with Crippen LogP contribution >= 0.6 is 0 Å². The summed E-state index contributed by atoms with van der Waals surface area (Å²) >= 11 is 0. The van der Waals surface area contributed by atoms with E-state index in [4.69, 9.17) is 4.74 Å². The van der Waals surface area contributed by atoms with Crippen LogP contribution in [0.5, 0.6) is 0 Å². The number of anilines is 1. The van der Waals surface area contributed by atoms with E-state index < -0.39 is 0 Å². The molecule has 106 valence electrons. The first kappa shape index (κ1) is 14.4. The highest BCUT2D eigenvalue weighted by atomic mass is 16.5. The van der Waals surface area contributed by atoms with E-state index in [1.54, 1.807) is 0 Å². The molecule has 19 heavy (non-hydrogen) atoms. The van der Waals surface area contributed by atoms with Crippen molar-refractivity contribution < 1.29 is 4.74 Å². The van der Waals surface area contributed by atoms with Gasteiger partial charge < -0.3 is 15.0 Å². The van der Waals surface area contributed by atoms with E-state index >= 15 is 0 Å². The lowest BCUT2D eigenvalue weighted by atomic mass is 10.00. The monoisotopic (exact) mass is 262 g/mol. The summed E-state index contributed by atoms with van der Waals surface area (Å²) in [5.74, 6) is 0.834. The standard InChI is InChI=1S/C16H26N2O/c1-18(14-15-8-12-19-13-9-15)11-5-10-17-16-6-3-2-4-7-16/h2-4,6-7,15,17H,5,8-14H2,1H3. The quantitative estimate of drug-likeness (QED) is 0.765. The lowest BCUT2D eigenvalue weighted by molar-refractivity contribution is 0.0557. The third-order valence-electron chi connectivity index (χ3n) is 3.73. The Labute approximate surface area is 116 Å². The maximum absolute atomic E-state index is 5.40. The Morgan fingerprint density at radius 3 is 2.68 bits per heavy atom. The highest BCUT2D eigenvalue weighted by Gasteiger charge is 2.15. The molecule has 2 rings (SSSR count). The van der Waals surface area contributed by atoms with Crippen LogP contribution in [0.25, 0.3) is 0 Å². The molecule has 1 aliphatic rings. The molecule has 1 saturated heterocycles. The molecule has 0 aromatic heterocycles. The summed E-state index contributed by atoms with van der Waals surface area (Å²) in [5, 5.41) is 3.46. The number of rotatable bonds is 7. The smallest absolute Gasteiger partial charge is 0.0469 e. The first-order valence-corrected chi connectivity index (χ1v) is 7.40. The Balaban J connectivity index is 1.55. The lowest BCUT2D eigenvalue weighted by Crippen LogP contribution is -2.31. The third kappa shape index (κ3) is 5.62. The van der Waals surface area contributed by atoms with Crippen LogP contribution < -0.4 is 5.32 Å². The number of ether oxygens (including phenoxy) is 1. The third-order valence-corrected chi connectivity index (χ3v) is 3.73. The maximum atomic E-state index is 5.40. The molecule has 3 nitrogen and oxygen atoms in total. The highest BCUT2D eigenvalue weighted by molar-refractivity contribution is 5.42. The second-order valence-corrected chi connectivity index (χ2v) is 5.46. The summed E-state index contributed by atoms with van der Waals surface area (Å²) in [6, 6.07) is 10.4.